The van der Waals surface area contributed by atoms with Crippen molar-refractivity contribution in [1.82, 2.24) is 10.6 Å². The highest BCUT2D eigenvalue weighted by atomic mass is 19.1. The van der Waals surface area contributed by atoms with E-state index in [1.165, 1.54) is 24.3 Å². The third-order valence-corrected chi connectivity index (χ3v) is 3.40. The largest absolute Gasteiger partial charge is 0.479 e. The molecule has 2 rings (SSSR count). The molecule has 1 aliphatic heterocycles. The fraction of sp³-hybridized carbons (Fsp3) is 0.400. The molecule has 1 aromatic rings. The van der Waals surface area contributed by atoms with Crippen LogP contribution in [0.25, 0.3) is 0 Å². The van der Waals surface area contributed by atoms with E-state index in [0.717, 1.165) is 0 Å². The number of hydrogen-bond acceptors (Lipinski definition) is 4. The van der Waals surface area contributed by atoms with Crippen molar-refractivity contribution in [2.45, 2.75) is 25.0 Å². The first-order chi connectivity index (χ1) is 11.0. The molecule has 0 aromatic heterocycles. The lowest BCUT2D eigenvalue weighted by Gasteiger charge is -2.12. The van der Waals surface area contributed by atoms with Crippen LogP contribution in [0.4, 0.5) is 4.39 Å². The van der Waals surface area contributed by atoms with E-state index in [-0.39, 0.29) is 19.0 Å². The Labute approximate surface area is 131 Å². The minimum atomic E-state index is -1.08. The number of nitrogens with one attached hydrogen (secondary N) is 2. The number of carbonyl (C=O) groups is 3. The van der Waals surface area contributed by atoms with Crippen LogP contribution in [0.2, 0.25) is 0 Å². The Balaban J connectivity index is 1.67. The predicted octanol–water partition coefficient (Wildman–Crippen LogP) is 0.304. The molecule has 2 amide bonds. The molecule has 1 heterocycles. The van der Waals surface area contributed by atoms with Gasteiger partial charge in [0.05, 0.1) is 0 Å². The van der Waals surface area contributed by atoms with Crippen LogP contribution in [0.3, 0.4) is 0 Å². The smallest absolute Gasteiger partial charge is 0.332 e. The number of aliphatic carboxylic acids is 1. The minimum Gasteiger partial charge on any atom is -0.479 e. The minimum absolute atomic E-state index is 0.184. The lowest BCUT2D eigenvalue weighted by molar-refractivity contribution is -0.151. The molecule has 3 N–H and O–H groups in total. The van der Waals surface area contributed by atoms with E-state index in [1.807, 2.05) is 0 Å². The third-order valence-electron chi connectivity index (χ3n) is 3.40. The molecule has 0 bridgehead atoms. The summed E-state index contributed by atoms with van der Waals surface area (Å²) < 4.78 is 17.9. The molecule has 124 valence electrons. The highest BCUT2D eigenvalue weighted by Crippen LogP contribution is 2.19. The Morgan fingerprint density at radius 1 is 1.09 bits per heavy atom. The molecule has 8 heteroatoms. The quantitative estimate of drug-likeness (QED) is 0.653. The molecule has 0 saturated carbocycles. The fourth-order valence-electron chi connectivity index (χ4n) is 2.19. The molecule has 0 spiro atoms. The van der Waals surface area contributed by atoms with Crippen LogP contribution in [0.1, 0.15) is 23.2 Å². The van der Waals surface area contributed by atoms with Crippen LogP contribution in [0, 0.1) is 5.82 Å². The highest BCUT2D eigenvalue weighted by Gasteiger charge is 2.34. The second-order valence-corrected chi connectivity index (χ2v) is 5.08. The van der Waals surface area contributed by atoms with Gasteiger partial charge in [-0.15, -0.1) is 0 Å². The van der Waals surface area contributed by atoms with E-state index >= 15 is 0 Å². The maximum absolute atomic E-state index is 12.7. The zero-order chi connectivity index (χ0) is 16.8. The summed E-state index contributed by atoms with van der Waals surface area (Å²) in [6.45, 7) is 0.375. The van der Waals surface area contributed by atoms with E-state index in [0.29, 0.717) is 18.4 Å². The maximum Gasteiger partial charge on any atom is 0.332 e. The molecule has 23 heavy (non-hydrogen) atoms. The number of halogens is 1. The monoisotopic (exact) mass is 324 g/mol. The van der Waals surface area contributed by atoms with Crippen molar-refractivity contribution >= 4 is 17.8 Å². The molecular weight excluding hydrogens is 307 g/mol. The van der Waals surface area contributed by atoms with Gasteiger partial charge < -0.3 is 20.5 Å². The number of benzene rings is 1. The van der Waals surface area contributed by atoms with Gasteiger partial charge in [0.25, 0.3) is 5.91 Å². The zero-order valence-electron chi connectivity index (χ0n) is 12.3. The van der Waals surface area contributed by atoms with Crippen molar-refractivity contribution in [3.8, 4) is 0 Å². The summed E-state index contributed by atoms with van der Waals surface area (Å²) in [5, 5.41) is 13.9. The van der Waals surface area contributed by atoms with Gasteiger partial charge in [0, 0.05) is 18.7 Å². The Hall–Kier alpha value is -2.48. The first kappa shape index (κ1) is 16.9. The number of carbonyl (C=O) groups excluding carboxylic acids is 2. The predicted molar refractivity (Wildman–Crippen MR) is 77.3 cm³/mol. The van der Waals surface area contributed by atoms with Crippen molar-refractivity contribution in [3.63, 3.8) is 0 Å². The molecule has 1 aromatic carbocycles. The lowest BCUT2D eigenvalue weighted by Crippen LogP contribution is -2.40. The average molecular weight is 324 g/mol. The molecule has 0 aliphatic carbocycles. The standard InChI is InChI=1S/C15H17FN2O5/c16-10-3-1-9(2-4-10)13(19)17-7-8-18-14(20)11-5-6-12(23-11)15(21)22/h1-4,11-12H,5-8H2,(H,17,19)(H,18,20)(H,21,22)/t11-,12+/m0/s1. The summed E-state index contributed by atoms with van der Waals surface area (Å²) in [4.78, 5) is 34.3. The van der Waals surface area contributed by atoms with Gasteiger partial charge in [-0.3, -0.25) is 9.59 Å². The molecule has 0 radical (unpaired) electrons. The van der Waals surface area contributed by atoms with Crippen molar-refractivity contribution < 1.29 is 28.6 Å². The SMILES string of the molecule is O=C(NCCNC(=O)[C@@H]1CC[C@H](C(=O)O)O1)c1ccc(F)cc1. The summed E-state index contributed by atoms with van der Waals surface area (Å²) in [7, 11) is 0. The van der Waals surface area contributed by atoms with Crippen molar-refractivity contribution in [2.24, 2.45) is 0 Å². The van der Waals surface area contributed by atoms with Gasteiger partial charge in [-0.25, -0.2) is 9.18 Å². The van der Waals surface area contributed by atoms with Crippen molar-refractivity contribution in [3.05, 3.63) is 35.6 Å². The Morgan fingerprint density at radius 2 is 1.70 bits per heavy atom. The first-order valence-electron chi connectivity index (χ1n) is 7.17. The van der Waals surface area contributed by atoms with Crippen LogP contribution >= 0.6 is 0 Å². The van der Waals surface area contributed by atoms with Gasteiger partial charge >= 0.3 is 5.97 Å². The molecular formula is C15H17FN2O5. The van der Waals surface area contributed by atoms with Gasteiger partial charge in [-0.05, 0) is 37.1 Å². The van der Waals surface area contributed by atoms with Gasteiger partial charge in [0.15, 0.2) is 6.10 Å². The Bertz CT molecular complexity index is 590. The van der Waals surface area contributed by atoms with Crippen LogP contribution < -0.4 is 10.6 Å². The van der Waals surface area contributed by atoms with Crippen LogP contribution in [0.5, 0.6) is 0 Å². The number of ether oxygens (including phenoxy) is 1. The number of rotatable bonds is 6. The van der Waals surface area contributed by atoms with E-state index in [9.17, 15) is 18.8 Å². The highest BCUT2D eigenvalue weighted by molar-refractivity contribution is 5.94. The van der Waals surface area contributed by atoms with Crippen LogP contribution in [-0.2, 0) is 14.3 Å². The molecule has 1 fully saturated rings. The van der Waals surface area contributed by atoms with Gasteiger partial charge in [-0.2, -0.15) is 0 Å². The van der Waals surface area contributed by atoms with E-state index in [1.54, 1.807) is 0 Å². The number of hydrogen-bond donors (Lipinski definition) is 3. The number of amides is 2. The second-order valence-electron chi connectivity index (χ2n) is 5.08. The topological polar surface area (TPSA) is 105 Å². The summed E-state index contributed by atoms with van der Waals surface area (Å²) in [5.74, 6) is -2.27. The zero-order valence-corrected chi connectivity index (χ0v) is 12.3. The summed E-state index contributed by atoms with van der Waals surface area (Å²) in [6, 6.07) is 5.10. The summed E-state index contributed by atoms with van der Waals surface area (Å²) in [6.07, 6.45) is -1.06. The second kappa shape index (κ2) is 7.68. The number of carboxylic acid groups (broad SMARTS) is 1. The molecule has 1 aliphatic rings. The van der Waals surface area contributed by atoms with Crippen molar-refractivity contribution in [1.29, 1.82) is 0 Å². The normalized spacial score (nSPS) is 20.0. The fourth-order valence-corrected chi connectivity index (χ4v) is 2.19. The Kier molecular flexibility index (Phi) is 5.64. The molecule has 1 saturated heterocycles. The van der Waals surface area contributed by atoms with E-state index < -0.39 is 29.9 Å². The summed E-state index contributed by atoms with van der Waals surface area (Å²) >= 11 is 0. The third kappa shape index (κ3) is 4.75. The first-order valence-corrected chi connectivity index (χ1v) is 7.17. The Morgan fingerprint density at radius 3 is 2.30 bits per heavy atom. The van der Waals surface area contributed by atoms with Gasteiger partial charge in [0.1, 0.15) is 11.9 Å². The maximum atomic E-state index is 12.7. The average Bonchev–Trinajstić information content (AvgIpc) is 3.02. The van der Waals surface area contributed by atoms with Crippen molar-refractivity contribution in [2.75, 3.05) is 13.1 Å². The van der Waals surface area contributed by atoms with E-state index in [2.05, 4.69) is 10.6 Å². The van der Waals surface area contributed by atoms with Gasteiger partial charge in [0.2, 0.25) is 5.91 Å². The van der Waals surface area contributed by atoms with Crippen LogP contribution in [-0.4, -0.2) is 48.2 Å². The molecule has 7 nitrogen and oxygen atoms in total. The van der Waals surface area contributed by atoms with Crippen LogP contribution in [0.15, 0.2) is 24.3 Å². The molecule has 2 atom stereocenters. The number of carboxylic acids is 1. The molecule has 0 unspecified atom stereocenters. The lowest BCUT2D eigenvalue weighted by atomic mass is 10.2. The van der Waals surface area contributed by atoms with Gasteiger partial charge in [-0.1, -0.05) is 0 Å². The summed E-state index contributed by atoms with van der Waals surface area (Å²) in [5.41, 5.74) is 0.321. The van der Waals surface area contributed by atoms with E-state index in [4.69, 9.17) is 9.84 Å².